The Morgan fingerprint density at radius 1 is 1.09 bits per heavy atom. The maximum Gasteiger partial charge on any atom is 0.338 e. The molecule has 0 bridgehead atoms. The van der Waals surface area contributed by atoms with Gasteiger partial charge in [0.15, 0.2) is 0 Å². The smallest absolute Gasteiger partial charge is 0.338 e. The first-order valence-corrected chi connectivity index (χ1v) is 10.3. The number of carboxylic acids is 1. The average Bonchev–Trinajstić information content (AvgIpc) is 2.77. The third-order valence-corrected chi connectivity index (χ3v) is 5.07. The summed E-state index contributed by atoms with van der Waals surface area (Å²) in [5.74, 6) is -0.928. The van der Waals surface area contributed by atoms with Crippen LogP contribution in [0.3, 0.4) is 0 Å². The van der Waals surface area contributed by atoms with Crippen molar-refractivity contribution in [2.75, 3.05) is 13.2 Å². The Kier molecular flexibility index (Phi) is 7.49. The summed E-state index contributed by atoms with van der Waals surface area (Å²) < 4.78 is 10.7. The van der Waals surface area contributed by atoms with Crippen LogP contribution >= 0.6 is 0 Å². The standard InChI is InChI=1S/C24H26N2O6/c1-3-31-23(29)21-16(2)26(15-17-7-5-4-6-8-17)24(30)25-22(21)18-9-11-19(12-10-18)32-14-13-20(27)28/h4-12,22H,3,13-15H2,1-2H3,(H,25,30)(H,27,28). The Bertz CT molecular complexity index is 1000. The van der Waals surface area contributed by atoms with Crippen molar-refractivity contribution >= 4 is 18.0 Å². The van der Waals surface area contributed by atoms with E-state index in [0.717, 1.165) is 5.56 Å². The van der Waals surface area contributed by atoms with Crippen molar-refractivity contribution < 1.29 is 29.0 Å². The summed E-state index contributed by atoms with van der Waals surface area (Å²) >= 11 is 0. The zero-order chi connectivity index (χ0) is 23.1. The summed E-state index contributed by atoms with van der Waals surface area (Å²) in [6.45, 7) is 4.06. The quantitative estimate of drug-likeness (QED) is 0.579. The van der Waals surface area contributed by atoms with E-state index in [4.69, 9.17) is 14.6 Å². The van der Waals surface area contributed by atoms with Crippen molar-refractivity contribution in [1.29, 1.82) is 0 Å². The van der Waals surface area contributed by atoms with E-state index in [0.29, 0.717) is 29.1 Å². The molecule has 0 spiro atoms. The SMILES string of the molecule is CCOC(=O)C1=C(C)N(Cc2ccccc2)C(=O)NC1c1ccc(OCCC(=O)O)cc1. The van der Waals surface area contributed by atoms with E-state index < -0.39 is 18.0 Å². The number of ether oxygens (including phenoxy) is 2. The molecule has 3 rings (SSSR count). The number of rotatable bonds is 9. The van der Waals surface area contributed by atoms with Gasteiger partial charge in [-0.05, 0) is 37.1 Å². The van der Waals surface area contributed by atoms with Crippen LogP contribution in [-0.2, 0) is 20.9 Å². The molecule has 0 saturated heterocycles. The lowest BCUT2D eigenvalue weighted by atomic mass is 9.94. The summed E-state index contributed by atoms with van der Waals surface area (Å²) in [5, 5.41) is 11.6. The molecule has 2 aromatic carbocycles. The highest BCUT2D eigenvalue weighted by atomic mass is 16.5. The molecule has 2 aromatic rings. The Labute approximate surface area is 186 Å². The van der Waals surface area contributed by atoms with E-state index in [-0.39, 0.29) is 25.7 Å². The summed E-state index contributed by atoms with van der Waals surface area (Å²) in [5.41, 5.74) is 2.52. The number of hydrogen-bond donors (Lipinski definition) is 2. The van der Waals surface area contributed by atoms with E-state index in [9.17, 15) is 14.4 Å². The van der Waals surface area contributed by atoms with E-state index in [1.165, 1.54) is 4.90 Å². The minimum Gasteiger partial charge on any atom is -0.493 e. The van der Waals surface area contributed by atoms with Gasteiger partial charge in [0, 0.05) is 5.70 Å². The van der Waals surface area contributed by atoms with Gasteiger partial charge in [0.25, 0.3) is 0 Å². The molecule has 0 fully saturated rings. The Morgan fingerprint density at radius 2 is 1.78 bits per heavy atom. The second kappa shape index (κ2) is 10.5. The minimum atomic E-state index is -0.939. The molecule has 0 radical (unpaired) electrons. The van der Waals surface area contributed by atoms with Crippen LogP contribution < -0.4 is 10.1 Å². The molecule has 8 heteroatoms. The number of urea groups is 1. The molecule has 1 heterocycles. The number of aliphatic carboxylic acids is 1. The summed E-state index contributed by atoms with van der Waals surface area (Å²) in [7, 11) is 0. The van der Waals surface area contributed by atoms with Gasteiger partial charge < -0.3 is 19.9 Å². The van der Waals surface area contributed by atoms with Crippen molar-refractivity contribution in [3.63, 3.8) is 0 Å². The highest BCUT2D eigenvalue weighted by molar-refractivity contribution is 5.95. The van der Waals surface area contributed by atoms with Crippen molar-refractivity contribution in [3.8, 4) is 5.75 Å². The second-order valence-corrected chi connectivity index (χ2v) is 7.24. The molecule has 1 unspecified atom stereocenters. The van der Waals surface area contributed by atoms with Crippen LogP contribution in [0.5, 0.6) is 5.75 Å². The minimum absolute atomic E-state index is 0.0520. The van der Waals surface area contributed by atoms with Crippen LogP contribution in [-0.4, -0.2) is 41.2 Å². The van der Waals surface area contributed by atoms with E-state index >= 15 is 0 Å². The van der Waals surface area contributed by atoms with Crippen LogP contribution in [0.25, 0.3) is 0 Å². The first-order chi connectivity index (χ1) is 15.4. The van der Waals surface area contributed by atoms with Crippen LogP contribution in [0, 0.1) is 0 Å². The third-order valence-electron chi connectivity index (χ3n) is 5.07. The van der Waals surface area contributed by atoms with Gasteiger partial charge in [-0.2, -0.15) is 0 Å². The van der Waals surface area contributed by atoms with E-state index in [2.05, 4.69) is 5.32 Å². The number of benzene rings is 2. The fourth-order valence-corrected chi connectivity index (χ4v) is 3.47. The largest absolute Gasteiger partial charge is 0.493 e. The van der Waals surface area contributed by atoms with Crippen LogP contribution in [0.1, 0.15) is 37.4 Å². The molecule has 0 aliphatic carbocycles. The zero-order valence-electron chi connectivity index (χ0n) is 18.0. The van der Waals surface area contributed by atoms with E-state index in [1.807, 2.05) is 30.3 Å². The predicted octanol–water partition coefficient (Wildman–Crippen LogP) is 3.64. The Hall–Kier alpha value is -3.81. The number of hydrogen-bond acceptors (Lipinski definition) is 5. The molecule has 0 saturated carbocycles. The number of nitrogens with one attached hydrogen (secondary N) is 1. The van der Waals surface area contributed by atoms with Gasteiger partial charge in [-0.15, -0.1) is 0 Å². The highest BCUT2D eigenvalue weighted by Crippen LogP contribution is 2.33. The van der Waals surface area contributed by atoms with Gasteiger partial charge in [-0.1, -0.05) is 42.5 Å². The number of carboxylic acid groups (broad SMARTS) is 1. The molecule has 8 nitrogen and oxygen atoms in total. The molecule has 32 heavy (non-hydrogen) atoms. The number of nitrogens with zero attached hydrogens (tertiary/aromatic N) is 1. The lowest BCUT2D eigenvalue weighted by molar-refractivity contribution is -0.139. The molecule has 2 N–H and O–H groups in total. The monoisotopic (exact) mass is 438 g/mol. The lowest BCUT2D eigenvalue weighted by Gasteiger charge is -2.35. The van der Waals surface area contributed by atoms with Crippen molar-refractivity contribution in [2.45, 2.75) is 32.9 Å². The van der Waals surface area contributed by atoms with Crippen LogP contribution in [0.15, 0.2) is 65.9 Å². The molecule has 1 aliphatic heterocycles. The van der Waals surface area contributed by atoms with Crippen molar-refractivity contribution in [3.05, 3.63) is 77.0 Å². The number of carbonyl (C=O) groups excluding carboxylic acids is 2. The van der Waals surface area contributed by atoms with Crippen LogP contribution in [0.4, 0.5) is 4.79 Å². The molecule has 0 aromatic heterocycles. The van der Waals surface area contributed by atoms with Gasteiger partial charge in [0.2, 0.25) is 0 Å². The van der Waals surface area contributed by atoms with Gasteiger partial charge in [-0.25, -0.2) is 9.59 Å². The molecule has 168 valence electrons. The maximum absolute atomic E-state index is 12.9. The van der Waals surface area contributed by atoms with Gasteiger partial charge in [-0.3, -0.25) is 9.69 Å². The van der Waals surface area contributed by atoms with Gasteiger partial charge in [0.05, 0.1) is 37.8 Å². The molecule has 2 amide bonds. The highest BCUT2D eigenvalue weighted by Gasteiger charge is 2.36. The van der Waals surface area contributed by atoms with Crippen molar-refractivity contribution in [2.24, 2.45) is 0 Å². The van der Waals surface area contributed by atoms with Crippen LogP contribution in [0.2, 0.25) is 0 Å². The Balaban J connectivity index is 1.88. The fraction of sp³-hybridized carbons (Fsp3) is 0.292. The molecule has 1 atom stereocenters. The predicted molar refractivity (Wildman–Crippen MR) is 117 cm³/mol. The molecular formula is C24H26N2O6. The van der Waals surface area contributed by atoms with E-state index in [1.54, 1.807) is 38.1 Å². The number of esters is 1. The average molecular weight is 438 g/mol. The third kappa shape index (κ3) is 5.46. The number of carbonyl (C=O) groups is 3. The number of allylic oxidation sites excluding steroid dienone is 1. The zero-order valence-corrected chi connectivity index (χ0v) is 18.0. The van der Waals surface area contributed by atoms with Gasteiger partial charge in [0.1, 0.15) is 5.75 Å². The maximum atomic E-state index is 12.9. The number of amides is 2. The summed E-state index contributed by atoms with van der Waals surface area (Å²) in [6.07, 6.45) is -0.105. The summed E-state index contributed by atoms with van der Waals surface area (Å²) in [4.78, 5) is 37.9. The molecular weight excluding hydrogens is 412 g/mol. The lowest BCUT2D eigenvalue weighted by Crippen LogP contribution is -2.47. The normalized spacial score (nSPS) is 15.9. The first kappa shape index (κ1) is 22.9. The first-order valence-electron chi connectivity index (χ1n) is 10.3. The van der Waals surface area contributed by atoms with Gasteiger partial charge >= 0.3 is 18.0 Å². The second-order valence-electron chi connectivity index (χ2n) is 7.24. The molecule has 1 aliphatic rings. The Morgan fingerprint density at radius 3 is 2.41 bits per heavy atom. The fourth-order valence-electron chi connectivity index (χ4n) is 3.47. The summed E-state index contributed by atoms with van der Waals surface area (Å²) in [6, 6.07) is 15.4. The topological polar surface area (TPSA) is 105 Å². The van der Waals surface area contributed by atoms with Crippen molar-refractivity contribution in [1.82, 2.24) is 10.2 Å².